The van der Waals surface area contributed by atoms with Crippen LogP contribution in [-0.4, -0.2) is 46.8 Å². The molecule has 0 radical (unpaired) electrons. The average Bonchev–Trinajstić information content (AvgIpc) is 2.14. The maximum Gasteiger partial charge on any atom is 0.415 e. The number of carbonyl (C=O) groups is 1. The van der Waals surface area contributed by atoms with Gasteiger partial charge in [0.1, 0.15) is 0 Å². The van der Waals surface area contributed by atoms with Crippen molar-refractivity contribution in [3.63, 3.8) is 0 Å². The van der Waals surface area contributed by atoms with Crippen LogP contribution in [0.1, 0.15) is 19.8 Å². The van der Waals surface area contributed by atoms with E-state index in [1.165, 1.54) is 0 Å². The quantitative estimate of drug-likeness (QED) is 0.690. The lowest BCUT2D eigenvalue weighted by Crippen LogP contribution is -2.63. The number of nitrogens with two attached hydrogens (primary N) is 1. The molecule has 3 N–H and O–H groups in total. The first-order valence-corrected chi connectivity index (χ1v) is 4.99. The van der Waals surface area contributed by atoms with E-state index in [0.717, 1.165) is 4.90 Å². The van der Waals surface area contributed by atoms with Crippen molar-refractivity contribution < 1.29 is 23.1 Å². The van der Waals surface area contributed by atoms with Crippen LogP contribution >= 0.6 is 0 Å². The van der Waals surface area contributed by atoms with Gasteiger partial charge in [-0.15, -0.1) is 0 Å². The highest BCUT2D eigenvalue weighted by atomic mass is 19.4. The van der Waals surface area contributed by atoms with Gasteiger partial charge in [0.15, 0.2) is 5.54 Å². The summed E-state index contributed by atoms with van der Waals surface area (Å²) in [5.41, 5.74) is 2.13. The van der Waals surface area contributed by atoms with Crippen molar-refractivity contribution in [3.8, 4) is 0 Å². The molecule has 0 spiro atoms. The molecule has 1 aliphatic rings. The van der Waals surface area contributed by atoms with Crippen LogP contribution in [0.3, 0.4) is 0 Å². The topological polar surface area (TPSA) is 66.6 Å². The van der Waals surface area contributed by atoms with Gasteiger partial charge < -0.3 is 15.7 Å². The van der Waals surface area contributed by atoms with Crippen LogP contribution < -0.4 is 5.73 Å². The van der Waals surface area contributed by atoms with Gasteiger partial charge in [0.05, 0.1) is 6.10 Å². The number of hydrogen-bond acceptors (Lipinski definition) is 3. The zero-order valence-corrected chi connectivity index (χ0v) is 8.92. The first-order valence-electron chi connectivity index (χ1n) is 4.99. The molecule has 1 unspecified atom stereocenters. The summed E-state index contributed by atoms with van der Waals surface area (Å²) in [4.78, 5) is 12.6. The molecule has 4 nitrogen and oxygen atoms in total. The third-order valence-corrected chi connectivity index (χ3v) is 2.72. The van der Waals surface area contributed by atoms with Crippen molar-refractivity contribution in [3.05, 3.63) is 0 Å². The molecule has 1 saturated heterocycles. The first kappa shape index (κ1) is 13.2. The largest absolute Gasteiger partial charge is 0.415 e. The summed E-state index contributed by atoms with van der Waals surface area (Å²) in [7, 11) is 0. The van der Waals surface area contributed by atoms with E-state index < -0.39 is 23.7 Å². The molecule has 1 fully saturated rings. The van der Waals surface area contributed by atoms with Crippen molar-refractivity contribution in [2.75, 3.05) is 13.1 Å². The summed E-state index contributed by atoms with van der Waals surface area (Å²) in [6.07, 6.45) is -4.56. The van der Waals surface area contributed by atoms with E-state index in [2.05, 4.69) is 0 Å². The predicted molar refractivity (Wildman–Crippen MR) is 50.5 cm³/mol. The standard InChI is InChI=1S/C9H15F3N2O2/c1-8(13,9(10,11)12)7(16)14-4-2-3-6(15)5-14/h6,15H,2-5,13H2,1H3/t6-,8?/m0/s1. The maximum absolute atomic E-state index is 12.5. The number of aliphatic hydroxyl groups excluding tert-OH is 1. The van der Waals surface area contributed by atoms with E-state index >= 15 is 0 Å². The van der Waals surface area contributed by atoms with Crippen LogP contribution in [0, 0.1) is 0 Å². The van der Waals surface area contributed by atoms with Crippen LogP contribution in [-0.2, 0) is 4.79 Å². The summed E-state index contributed by atoms with van der Waals surface area (Å²) in [5.74, 6) is -1.18. The molecular formula is C9H15F3N2O2. The summed E-state index contributed by atoms with van der Waals surface area (Å²) in [6, 6.07) is 0. The molecule has 0 aromatic rings. The second-order valence-corrected chi connectivity index (χ2v) is 4.25. The molecule has 0 saturated carbocycles. The van der Waals surface area contributed by atoms with Crippen LogP contribution in [0.15, 0.2) is 0 Å². The lowest BCUT2D eigenvalue weighted by molar-refractivity contribution is -0.195. The zero-order valence-electron chi connectivity index (χ0n) is 8.92. The normalized spacial score (nSPS) is 26.4. The Kier molecular flexibility index (Phi) is 3.49. The van der Waals surface area contributed by atoms with E-state index in [9.17, 15) is 23.1 Å². The Hall–Kier alpha value is -0.820. The molecule has 16 heavy (non-hydrogen) atoms. The highest BCUT2D eigenvalue weighted by Crippen LogP contribution is 2.30. The van der Waals surface area contributed by atoms with Gasteiger partial charge in [0, 0.05) is 13.1 Å². The predicted octanol–water partition coefficient (Wildman–Crippen LogP) is 0.249. The van der Waals surface area contributed by atoms with Crippen molar-refractivity contribution in [2.24, 2.45) is 5.73 Å². The fraction of sp³-hybridized carbons (Fsp3) is 0.889. The molecule has 1 rings (SSSR count). The molecule has 0 aromatic heterocycles. The van der Waals surface area contributed by atoms with Crippen molar-refractivity contribution in [1.29, 1.82) is 0 Å². The van der Waals surface area contributed by atoms with Crippen LogP contribution in [0.5, 0.6) is 0 Å². The highest BCUT2D eigenvalue weighted by Gasteiger charge is 2.55. The third-order valence-electron chi connectivity index (χ3n) is 2.72. The number of hydrogen-bond donors (Lipinski definition) is 2. The summed E-state index contributed by atoms with van der Waals surface area (Å²) in [6.45, 7) is 0.775. The number of amides is 1. The Morgan fingerprint density at radius 2 is 2.06 bits per heavy atom. The number of halogens is 3. The molecule has 94 valence electrons. The minimum absolute atomic E-state index is 0.0816. The smallest absolute Gasteiger partial charge is 0.391 e. The van der Waals surface area contributed by atoms with Gasteiger partial charge in [0.25, 0.3) is 5.91 Å². The second-order valence-electron chi connectivity index (χ2n) is 4.25. The number of piperidine rings is 1. The Bertz CT molecular complexity index is 278. The Balaban J connectivity index is 2.77. The average molecular weight is 240 g/mol. The SMILES string of the molecule is CC(N)(C(=O)N1CCC[C@H](O)C1)C(F)(F)F. The van der Waals surface area contributed by atoms with Gasteiger partial charge in [-0.25, -0.2) is 0 Å². The van der Waals surface area contributed by atoms with Gasteiger partial charge in [-0.2, -0.15) is 13.2 Å². The van der Waals surface area contributed by atoms with Crippen LogP contribution in [0.2, 0.25) is 0 Å². The highest BCUT2D eigenvalue weighted by molar-refractivity contribution is 5.86. The van der Waals surface area contributed by atoms with Gasteiger partial charge in [0.2, 0.25) is 0 Å². The molecule has 1 amide bonds. The Labute approximate surface area is 91.2 Å². The Morgan fingerprint density at radius 1 is 1.50 bits per heavy atom. The molecule has 0 aromatic carbocycles. The van der Waals surface area contributed by atoms with E-state index in [-0.39, 0.29) is 13.1 Å². The lowest BCUT2D eigenvalue weighted by Gasteiger charge is -2.36. The molecule has 2 atom stereocenters. The fourth-order valence-corrected chi connectivity index (χ4v) is 1.59. The maximum atomic E-state index is 12.5. The molecule has 0 bridgehead atoms. The van der Waals surface area contributed by atoms with Crippen molar-refractivity contribution in [1.82, 2.24) is 4.90 Å². The number of carbonyl (C=O) groups excluding carboxylic acids is 1. The number of nitrogens with zero attached hydrogens (tertiary/aromatic N) is 1. The first-order chi connectivity index (χ1) is 7.16. The number of alkyl halides is 3. The Morgan fingerprint density at radius 3 is 2.50 bits per heavy atom. The number of rotatable bonds is 1. The molecule has 1 aliphatic heterocycles. The monoisotopic (exact) mass is 240 g/mol. The van der Waals surface area contributed by atoms with Gasteiger partial charge in [-0.1, -0.05) is 0 Å². The van der Waals surface area contributed by atoms with E-state index in [1.807, 2.05) is 0 Å². The van der Waals surface area contributed by atoms with Gasteiger partial charge in [-0.3, -0.25) is 4.79 Å². The molecule has 0 aliphatic carbocycles. The number of likely N-dealkylation sites (tertiary alicyclic amines) is 1. The van der Waals surface area contributed by atoms with E-state index in [1.54, 1.807) is 0 Å². The second kappa shape index (κ2) is 4.21. The zero-order chi connectivity index (χ0) is 12.6. The number of aliphatic hydroxyl groups is 1. The minimum Gasteiger partial charge on any atom is -0.391 e. The fourth-order valence-electron chi connectivity index (χ4n) is 1.59. The van der Waals surface area contributed by atoms with Gasteiger partial charge in [-0.05, 0) is 19.8 Å². The van der Waals surface area contributed by atoms with E-state index in [0.29, 0.717) is 19.8 Å². The molecule has 7 heteroatoms. The molecular weight excluding hydrogens is 225 g/mol. The third kappa shape index (κ3) is 2.46. The summed E-state index contributed by atoms with van der Waals surface area (Å²) >= 11 is 0. The minimum atomic E-state index is -4.79. The van der Waals surface area contributed by atoms with Crippen LogP contribution in [0.4, 0.5) is 13.2 Å². The van der Waals surface area contributed by atoms with E-state index in [4.69, 9.17) is 5.73 Å². The molecule has 1 heterocycles. The summed E-state index contributed by atoms with van der Waals surface area (Å²) < 4.78 is 37.5. The van der Waals surface area contributed by atoms with Crippen LogP contribution in [0.25, 0.3) is 0 Å². The van der Waals surface area contributed by atoms with Gasteiger partial charge >= 0.3 is 6.18 Å². The number of β-amino-alcohol motifs (C(OH)–C–C–N with tert-alkyl or cyclic N) is 1. The summed E-state index contributed by atoms with van der Waals surface area (Å²) in [5, 5.41) is 9.28. The lowest BCUT2D eigenvalue weighted by atomic mass is 9.99. The van der Waals surface area contributed by atoms with Crippen molar-refractivity contribution >= 4 is 5.91 Å². The van der Waals surface area contributed by atoms with Crippen molar-refractivity contribution in [2.45, 2.75) is 37.6 Å².